The SMILES string of the molecule is O=C(NCCCO)c1ccccc1C(F)(F)F. The van der Waals surface area contributed by atoms with E-state index < -0.39 is 23.2 Å². The first-order valence-corrected chi connectivity index (χ1v) is 5.02. The van der Waals surface area contributed by atoms with Gasteiger partial charge in [0.05, 0.1) is 11.1 Å². The van der Waals surface area contributed by atoms with Gasteiger partial charge in [0.15, 0.2) is 0 Å². The molecule has 1 amide bonds. The van der Waals surface area contributed by atoms with Crippen molar-refractivity contribution in [1.29, 1.82) is 0 Å². The number of alkyl halides is 3. The molecule has 0 saturated carbocycles. The molecule has 1 aromatic rings. The Balaban J connectivity index is 2.86. The Morgan fingerprint density at radius 1 is 1.29 bits per heavy atom. The minimum atomic E-state index is -4.55. The maximum atomic E-state index is 12.6. The quantitative estimate of drug-likeness (QED) is 0.797. The van der Waals surface area contributed by atoms with Crippen LogP contribution in [-0.4, -0.2) is 24.2 Å². The van der Waals surface area contributed by atoms with E-state index in [1.165, 1.54) is 12.1 Å². The lowest BCUT2D eigenvalue weighted by Gasteiger charge is -2.12. The largest absolute Gasteiger partial charge is 0.417 e. The third-order valence-electron chi connectivity index (χ3n) is 2.10. The first-order valence-electron chi connectivity index (χ1n) is 5.02. The molecule has 0 aliphatic heterocycles. The Morgan fingerprint density at radius 3 is 2.53 bits per heavy atom. The van der Waals surface area contributed by atoms with E-state index in [1.807, 2.05) is 0 Å². The highest BCUT2D eigenvalue weighted by Crippen LogP contribution is 2.31. The molecule has 0 atom stereocenters. The second-order valence-corrected chi connectivity index (χ2v) is 3.38. The summed E-state index contributed by atoms with van der Waals surface area (Å²) in [6.07, 6.45) is -4.25. The zero-order valence-electron chi connectivity index (χ0n) is 8.92. The van der Waals surface area contributed by atoms with Crippen molar-refractivity contribution in [3.8, 4) is 0 Å². The highest BCUT2D eigenvalue weighted by Gasteiger charge is 2.34. The summed E-state index contributed by atoms with van der Waals surface area (Å²) in [5.41, 5.74) is -1.36. The van der Waals surface area contributed by atoms with E-state index in [0.29, 0.717) is 6.42 Å². The van der Waals surface area contributed by atoms with Gasteiger partial charge in [0.2, 0.25) is 0 Å². The molecule has 2 N–H and O–H groups in total. The van der Waals surface area contributed by atoms with Crippen molar-refractivity contribution < 1.29 is 23.1 Å². The number of halogens is 3. The predicted octanol–water partition coefficient (Wildman–Crippen LogP) is 1.82. The molecule has 0 bridgehead atoms. The number of carbonyl (C=O) groups excluding carboxylic acids is 1. The van der Waals surface area contributed by atoms with Crippen LogP contribution in [0.3, 0.4) is 0 Å². The summed E-state index contributed by atoms with van der Waals surface area (Å²) in [4.78, 5) is 11.5. The minimum Gasteiger partial charge on any atom is -0.396 e. The molecule has 17 heavy (non-hydrogen) atoms. The summed E-state index contributed by atoms with van der Waals surface area (Å²) < 4.78 is 37.7. The highest BCUT2D eigenvalue weighted by atomic mass is 19.4. The summed E-state index contributed by atoms with van der Waals surface area (Å²) >= 11 is 0. The van der Waals surface area contributed by atoms with Crippen LogP contribution < -0.4 is 5.32 Å². The second kappa shape index (κ2) is 5.67. The van der Waals surface area contributed by atoms with E-state index in [4.69, 9.17) is 5.11 Å². The third kappa shape index (κ3) is 3.74. The molecule has 0 radical (unpaired) electrons. The van der Waals surface area contributed by atoms with Gasteiger partial charge in [-0.15, -0.1) is 0 Å². The molecule has 0 unspecified atom stereocenters. The lowest BCUT2D eigenvalue weighted by Crippen LogP contribution is -2.27. The maximum absolute atomic E-state index is 12.6. The van der Waals surface area contributed by atoms with Crippen LogP contribution in [0.1, 0.15) is 22.3 Å². The molecule has 6 heteroatoms. The van der Waals surface area contributed by atoms with E-state index in [0.717, 1.165) is 12.1 Å². The lowest BCUT2D eigenvalue weighted by atomic mass is 10.1. The molecule has 1 rings (SSSR count). The van der Waals surface area contributed by atoms with E-state index in [1.54, 1.807) is 0 Å². The van der Waals surface area contributed by atoms with Crippen LogP contribution in [-0.2, 0) is 6.18 Å². The topological polar surface area (TPSA) is 49.3 Å². The fourth-order valence-corrected chi connectivity index (χ4v) is 1.30. The molecule has 0 spiro atoms. The summed E-state index contributed by atoms with van der Waals surface area (Å²) in [5.74, 6) is -0.786. The summed E-state index contributed by atoms with van der Waals surface area (Å²) in [6.45, 7) is 0.0166. The van der Waals surface area contributed by atoms with E-state index in [-0.39, 0.29) is 13.2 Å². The van der Waals surface area contributed by atoms with Crippen LogP contribution in [0, 0.1) is 0 Å². The van der Waals surface area contributed by atoms with Crippen LogP contribution in [0.4, 0.5) is 13.2 Å². The zero-order valence-corrected chi connectivity index (χ0v) is 8.92. The van der Waals surface area contributed by atoms with Gasteiger partial charge in [0.1, 0.15) is 0 Å². The number of nitrogens with one attached hydrogen (secondary N) is 1. The molecular formula is C11H12F3NO2. The number of hydrogen-bond acceptors (Lipinski definition) is 2. The maximum Gasteiger partial charge on any atom is 0.417 e. The van der Waals surface area contributed by atoms with Crippen LogP contribution in [0.2, 0.25) is 0 Å². The van der Waals surface area contributed by atoms with E-state index in [2.05, 4.69) is 5.32 Å². The zero-order chi connectivity index (χ0) is 12.9. The molecular weight excluding hydrogens is 235 g/mol. The Hall–Kier alpha value is -1.56. The number of aliphatic hydroxyl groups excluding tert-OH is 1. The van der Waals surface area contributed by atoms with Gasteiger partial charge in [0.25, 0.3) is 5.91 Å². The average molecular weight is 247 g/mol. The molecule has 0 fully saturated rings. The van der Waals surface area contributed by atoms with Crippen molar-refractivity contribution in [3.63, 3.8) is 0 Å². The van der Waals surface area contributed by atoms with Gasteiger partial charge in [-0.25, -0.2) is 0 Å². The van der Waals surface area contributed by atoms with Crippen molar-refractivity contribution in [3.05, 3.63) is 35.4 Å². The minimum absolute atomic E-state index is 0.124. The number of benzene rings is 1. The van der Waals surface area contributed by atoms with E-state index in [9.17, 15) is 18.0 Å². The van der Waals surface area contributed by atoms with Crippen molar-refractivity contribution in [2.45, 2.75) is 12.6 Å². The summed E-state index contributed by atoms with van der Waals surface area (Å²) in [7, 11) is 0. The van der Waals surface area contributed by atoms with Gasteiger partial charge in [0, 0.05) is 13.2 Å². The molecule has 0 aliphatic rings. The third-order valence-corrected chi connectivity index (χ3v) is 2.10. The molecule has 0 heterocycles. The van der Waals surface area contributed by atoms with Gasteiger partial charge in [-0.2, -0.15) is 13.2 Å². The van der Waals surface area contributed by atoms with Crippen molar-refractivity contribution >= 4 is 5.91 Å². The highest BCUT2D eigenvalue weighted by molar-refractivity contribution is 5.95. The number of carbonyl (C=O) groups is 1. The smallest absolute Gasteiger partial charge is 0.396 e. The Kier molecular flexibility index (Phi) is 4.51. The number of rotatable bonds is 4. The number of amides is 1. The molecule has 94 valence electrons. The monoisotopic (exact) mass is 247 g/mol. The van der Waals surface area contributed by atoms with Gasteiger partial charge in [-0.1, -0.05) is 12.1 Å². The normalized spacial score (nSPS) is 11.3. The summed E-state index contributed by atoms with van der Waals surface area (Å²) in [5, 5.41) is 10.8. The van der Waals surface area contributed by atoms with Gasteiger partial charge in [-0.05, 0) is 18.6 Å². The van der Waals surface area contributed by atoms with Crippen LogP contribution in [0.5, 0.6) is 0 Å². The van der Waals surface area contributed by atoms with Crippen molar-refractivity contribution in [2.24, 2.45) is 0 Å². The van der Waals surface area contributed by atoms with Crippen molar-refractivity contribution in [2.75, 3.05) is 13.2 Å². The van der Waals surface area contributed by atoms with Gasteiger partial charge in [-0.3, -0.25) is 4.79 Å². The Bertz CT molecular complexity index is 391. The second-order valence-electron chi connectivity index (χ2n) is 3.38. The molecule has 0 aromatic heterocycles. The van der Waals surface area contributed by atoms with Crippen LogP contribution in [0.15, 0.2) is 24.3 Å². The molecule has 0 aliphatic carbocycles. The van der Waals surface area contributed by atoms with Gasteiger partial charge >= 0.3 is 6.18 Å². The lowest BCUT2D eigenvalue weighted by molar-refractivity contribution is -0.137. The fourth-order valence-electron chi connectivity index (χ4n) is 1.30. The fraction of sp³-hybridized carbons (Fsp3) is 0.364. The molecule has 1 aromatic carbocycles. The van der Waals surface area contributed by atoms with Gasteiger partial charge < -0.3 is 10.4 Å². The summed E-state index contributed by atoms with van der Waals surface area (Å²) in [6, 6.07) is 4.58. The van der Waals surface area contributed by atoms with Crippen LogP contribution in [0.25, 0.3) is 0 Å². The average Bonchev–Trinajstić information content (AvgIpc) is 2.28. The first kappa shape index (κ1) is 13.5. The Morgan fingerprint density at radius 2 is 1.94 bits per heavy atom. The van der Waals surface area contributed by atoms with E-state index >= 15 is 0 Å². The van der Waals surface area contributed by atoms with Crippen molar-refractivity contribution in [1.82, 2.24) is 5.32 Å². The Labute approximate surface area is 96.3 Å². The first-order chi connectivity index (χ1) is 7.96. The standard InChI is InChI=1S/C11H12F3NO2/c12-11(13,14)9-5-2-1-4-8(9)10(17)15-6-3-7-16/h1-2,4-5,16H,3,6-7H2,(H,15,17). The molecule has 3 nitrogen and oxygen atoms in total. The predicted molar refractivity (Wildman–Crippen MR) is 55.5 cm³/mol. The van der Waals surface area contributed by atoms with Crippen LogP contribution >= 0.6 is 0 Å². The molecule has 0 saturated heterocycles. The number of aliphatic hydroxyl groups is 1. The number of hydrogen-bond donors (Lipinski definition) is 2.